The van der Waals surface area contributed by atoms with Crippen molar-refractivity contribution in [3.05, 3.63) is 29.8 Å². The van der Waals surface area contributed by atoms with Gasteiger partial charge in [-0.1, -0.05) is 42.2 Å². The minimum Gasteiger partial charge on any atom is -0.343 e. The van der Waals surface area contributed by atoms with Gasteiger partial charge in [0.15, 0.2) is 4.34 Å². The van der Waals surface area contributed by atoms with Gasteiger partial charge in [0.25, 0.3) is 0 Å². The summed E-state index contributed by atoms with van der Waals surface area (Å²) >= 11 is 3.21. The molecule has 1 amide bonds. The van der Waals surface area contributed by atoms with Crippen LogP contribution in [-0.2, 0) is 11.2 Å². The number of benzene rings is 1. The molecule has 2 aromatic rings. The summed E-state index contributed by atoms with van der Waals surface area (Å²) in [7, 11) is 0. The normalized spacial score (nSPS) is 10.7. The fourth-order valence-corrected chi connectivity index (χ4v) is 4.17. The van der Waals surface area contributed by atoms with E-state index < -0.39 is 0 Å². The maximum atomic E-state index is 12.0. The number of amides is 1. The van der Waals surface area contributed by atoms with Crippen LogP contribution in [0.2, 0.25) is 0 Å². The SMILES string of the molecule is CCc1ccc(Nc2nnc(SCCCC(=O)N(CC)CC)s2)cc1. The Hall–Kier alpha value is -1.60. The summed E-state index contributed by atoms with van der Waals surface area (Å²) in [5.41, 5.74) is 2.34. The van der Waals surface area contributed by atoms with Crippen molar-refractivity contribution in [2.45, 2.75) is 44.4 Å². The van der Waals surface area contributed by atoms with E-state index in [9.17, 15) is 4.79 Å². The number of thioether (sulfide) groups is 1. The molecule has 2 rings (SSSR count). The van der Waals surface area contributed by atoms with Crippen LogP contribution < -0.4 is 5.32 Å². The van der Waals surface area contributed by atoms with Crippen LogP contribution in [0.4, 0.5) is 10.8 Å². The van der Waals surface area contributed by atoms with E-state index >= 15 is 0 Å². The summed E-state index contributed by atoms with van der Waals surface area (Å²) in [6, 6.07) is 8.36. The first-order valence-electron chi connectivity index (χ1n) is 8.76. The summed E-state index contributed by atoms with van der Waals surface area (Å²) in [5, 5.41) is 12.5. The van der Waals surface area contributed by atoms with E-state index in [0.29, 0.717) is 6.42 Å². The van der Waals surface area contributed by atoms with E-state index in [1.165, 1.54) is 5.56 Å². The molecular weight excluding hydrogens is 352 g/mol. The average molecular weight is 379 g/mol. The highest BCUT2D eigenvalue weighted by Gasteiger charge is 2.10. The van der Waals surface area contributed by atoms with Crippen molar-refractivity contribution in [2.24, 2.45) is 0 Å². The fourth-order valence-electron chi connectivity index (χ4n) is 2.38. The largest absolute Gasteiger partial charge is 0.343 e. The van der Waals surface area contributed by atoms with Gasteiger partial charge in [-0.25, -0.2) is 0 Å². The van der Waals surface area contributed by atoms with Crippen LogP contribution in [0, 0.1) is 0 Å². The Bertz CT molecular complexity index is 653. The second-order valence-corrected chi connectivity index (χ2v) is 7.89. The molecule has 1 aromatic carbocycles. The first kappa shape index (κ1) is 19.7. The van der Waals surface area contributed by atoms with Gasteiger partial charge in [0.1, 0.15) is 0 Å². The smallest absolute Gasteiger partial charge is 0.222 e. The Kier molecular flexibility index (Phi) is 8.21. The van der Waals surface area contributed by atoms with Crippen molar-refractivity contribution in [3.63, 3.8) is 0 Å². The van der Waals surface area contributed by atoms with Gasteiger partial charge in [0.2, 0.25) is 11.0 Å². The Labute approximate surface area is 158 Å². The third-order valence-corrected chi connectivity index (χ3v) is 5.95. The van der Waals surface area contributed by atoms with Crippen molar-refractivity contribution in [1.29, 1.82) is 0 Å². The lowest BCUT2D eigenvalue weighted by Gasteiger charge is -2.18. The van der Waals surface area contributed by atoms with Gasteiger partial charge in [0, 0.05) is 31.0 Å². The minimum absolute atomic E-state index is 0.237. The number of hydrogen-bond donors (Lipinski definition) is 1. The lowest BCUT2D eigenvalue weighted by molar-refractivity contribution is -0.130. The summed E-state index contributed by atoms with van der Waals surface area (Å²) in [6.07, 6.45) is 2.50. The molecule has 7 heteroatoms. The molecule has 1 N–H and O–H groups in total. The maximum Gasteiger partial charge on any atom is 0.222 e. The van der Waals surface area contributed by atoms with Crippen molar-refractivity contribution < 1.29 is 4.79 Å². The second kappa shape index (κ2) is 10.4. The van der Waals surface area contributed by atoms with Gasteiger partial charge < -0.3 is 10.2 Å². The van der Waals surface area contributed by atoms with Crippen LogP contribution in [0.15, 0.2) is 28.6 Å². The first-order chi connectivity index (χ1) is 12.2. The van der Waals surface area contributed by atoms with E-state index in [-0.39, 0.29) is 5.91 Å². The van der Waals surface area contributed by atoms with E-state index in [1.54, 1.807) is 23.1 Å². The number of anilines is 2. The Morgan fingerprint density at radius 3 is 2.52 bits per heavy atom. The molecule has 0 saturated heterocycles. The predicted molar refractivity (Wildman–Crippen MR) is 107 cm³/mol. The number of nitrogens with one attached hydrogen (secondary N) is 1. The topological polar surface area (TPSA) is 58.1 Å². The van der Waals surface area contributed by atoms with E-state index in [0.717, 1.165) is 46.8 Å². The molecule has 5 nitrogen and oxygen atoms in total. The number of nitrogens with zero attached hydrogens (tertiary/aromatic N) is 3. The summed E-state index contributed by atoms with van der Waals surface area (Å²) in [4.78, 5) is 13.8. The van der Waals surface area contributed by atoms with Crippen molar-refractivity contribution >= 4 is 39.8 Å². The quantitative estimate of drug-likeness (QED) is 0.484. The van der Waals surface area contributed by atoms with Gasteiger partial charge >= 0.3 is 0 Å². The lowest BCUT2D eigenvalue weighted by Crippen LogP contribution is -2.30. The van der Waals surface area contributed by atoms with Gasteiger partial charge in [0.05, 0.1) is 0 Å². The van der Waals surface area contributed by atoms with Crippen LogP contribution in [0.3, 0.4) is 0 Å². The molecule has 0 fully saturated rings. The lowest BCUT2D eigenvalue weighted by atomic mass is 10.1. The number of rotatable bonds is 10. The Morgan fingerprint density at radius 2 is 1.88 bits per heavy atom. The second-order valence-electron chi connectivity index (χ2n) is 5.57. The molecule has 0 aliphatic rings. The molecule has 0 saturated carbocycles. The van der Waals surface area contributed by atoms with Crippen LogP contribution in [0.1, 0.15) is 39.2 Å². The molecule has 1 aromatic heterocycles. The molecule has 1 heterocycles. The van der Waals surface area contributed by atoms with E-state index in [4.69, 9.17) is 0 Å². The minimum atomic E-state index is 0.237. The first-order valence-corrected chi connectivity index (χ1v) is 10.6. The maximum absolute atomic E-state index is 12.0. The summed E-state index contributed by atoms with van der Waals surface area (Å²) < 4.78 is 0.933. The number of hydrogen-bond acceptors (Lipinski definition) is 6. The van der Waals surface area contributed by atoms with Crippen molar-refractivity contribution in [2.75, 3.05) is 24.2 Å². The molecule has 0 radical (unpaired) electrons. The molecule has 0 atom stereocenters. The zero-order chi connectivity index (χ0) is 18.1. The van der Waals surface area contributed by atoms with Crippen LogP contribution in [0.25, 0.3) is 0 Å². The van der Waals surface area contributed by atoms with E-state index in [2.05, 4.69) is 46.7 Å². The van der Waals surface area contributed by atoms with Crippen molar-refractivity contribution in [3.8, 4) is 0 Å². The Morgan fingerprint density at radius 1 is 1.16 bits per heavy atom. The fraction of sp³-hybridized carbons (Fsp3) is 0.500. The predicted octanol–water partition coefficient (Wildman–Crippen LogP) is 4.58. The highest BCUT2D eigenvalue weighted by molar-refractivity contribution is 8.01. The summed E-state index contributed by atoms with van der Waals surface area (Å²) in [6.45, 7) is 7.75. The number of carbonyl (C=O) groups excluding carboxylic acids is 1. The zero-order valence-corrected chi connectivity index (χ0v) is 16.8. The van der Waals surface area contributed by atoms with Crippen LogP contribution in [0.5, 0.6) is 0 Å². The summed E-state index contributed by atoms with van der Waals surface area (Å²) in [5.74, 6) is 1.12. The average Bonchev–Trinajstić information content (AvgIpc) is 3.08. The van der Waals surface area contributed by atoms with Gasteiger partial charge in [-0.2, -0.15) is 0 Å². The number of carbonyl (C=O) groups is 1. The zero-order valence-electron chi connectivity index (χ0n) is 15.1. The molecule has 0 aliphatic carbocycles. The highest BCUT2D eigenvalue weighted by Crippen LogP contribution is 2.28. The molecule has 25 heavy (non-hydrogen) atoms. The number of aryl methyl sites for hydroxylation is 1. The van der Waals surface area contributed by atoms with E-state index in [1.807, 2.05) is 18.7 Å². The monoisotopic (exact) mass is 378 g/mol. The Balaban J connectivity index is 1.74. The third-order valence-electron chi connectivity index (χ3n) is 3.90. The van der Waals surface area contributed by atoms with Gasteiger partial charge in [-0.05, 0) is 44.4 Å². The molecule has 0 aliphatic heterocycles. The highest BCUT2D eigenvalue weighted by atomic mass is 32.2. The van der Waals surface area contributed by atoms with Crippen LogP contribution >= 0.6 is 23.1 Å². The van der Waals surface area contributed by atoms with Crippen LogP contribution in [-0.4, -0.2) is 39.8 Å². The molecular formula is C18H26N4OS2. The number of aromatic nitrogens is 2. The molecule has 136 valence electrons. The molecule has 0 bridgehead atoms. The van der Waals surface area contributed by atoms with Gasteiger partial charge in [-0.3, -0.25) is 4.79 Å². The molecule has 0 spiro atoms. The molecule has 0 unspecified atom stereocenters. The standard InChI is InChI=1S/C18H26N4OS2/c1-4-14-9-11-15(12-10-14)19-17-20-21-18(25-17)24-13-7-8-16(23)22(5-2)6-3/h9-12H,4-8,13H2,1-3H3,(H,19,20). The van der Waals surface area contributed by atoms with Gasteiger partial charge in [-0.15, -0.1) is 10.2 Å². The van der Waals surface area contributed by atoms with Crippen molar-refractivity contribution in [1.82, 2.24) is 15.1 Å². The third kappa shape index (κ3) is 6.32.